The number of allylic oxidation sites excluding steroid dienone is 2. The number of carbonyl (C=O) groups is 2. The predicted molar refractivity (Wildman–Crippen MR) is 153 cm³/mol. The maximum absolute atomic E-state index is 14.5. The third-order valence-electron chi connectivity index (χ3n) is 13.2. The Labute approximate surface area is 248 Å². The number of hydrogen-bond donors (Lipinski definition) is 1. The second-order valence-corrected chi connectivity index (χ2v) is 18.0. The molecule has 8 atom stereocenters. The number of Topliss-reactive ketones (excluding diaryl/α,β-unsaturated/α-hetero) is 2. The van der Waals surface area contributed by atoms with Crippen molar-refractivity contribution in [3.63, 3.8) is 0 Å². The molecule has 0 heterocycles. The molecule has 10 heteroatoms. The van der Waals surface area contributed by atoms with Crippen LogP contribution in [0.15, 0.2) is 11.8 Å². The molecule has 4 fully saturated rings. The van der Waals surface area contributed by atoms with Gasteiger partial charge >= 0.3 is 6.18 Å². The van der Waals surface area contributed by atoms with Crippen LogP contribution < -0.4 is 4.72 Å². The number of hydrogen-bond acceptors (Lipinski definition) is 4. The van der Waals surface area contributed by atoms with Crippen LogP contribution in [0, 0.1) is 57.3 Å². The second-order valence-electron chi connectivity index (χ2n) is 16.3. The van der Waals surface area contributed by atoms with Crippen LogP contribution in [0.1, 0.15) is 99.8 Å². The number of alkyl halides is 3. The van der Waals surface area contributed by atoms with E-state index in [0.29, 0.717) is 32.1 Å². The summed E-state index contributed by atoms with van der Waals surface area (Å²) in [5, 5.41) is 0. The molecule has 5 aliphatic carbocycles. The molecule has 4 saturated carbocycles. The van der Waals surface area contributed by atoms with Crippen molar-refractivity contribution < 1.29 is 31.2 Å². The minimum Gasteiger partial charge on any atom is -0.307 e. The Balaban J connectivity index is 1.60. The molecule has 6 nitrogen and oxygen atoms in total. The molecule has 0 unspecified atom stereocenters. The third kappa shape index (κ3) is 4.45. The second kappa shape index (κ2) is 9.15. The lowest BCUT2D eigenvalue weighted by molar-refractivity contribution is -0.214. The summed E-state index contributed by atoms with van der Waals surface area (Å²) in [7, 11) is -4.68. The number of nitrogens with zero attached hydrogens (tertiary/aromatic N) is 1. The quantitative estimate of drug-likeness (QED) is 0.354. The summed E-state index contributed by atoms with van der Waals surface area (Å²) in [5.74, 6) is -3.10. The summed E-state index contributed by atoms with van der Waals surface area (Å²) in [4.78, 5) is 31.4. The van der Waals surface area contributed by atoms with E-state index in [9.17, 15) is 31.2 Å². The Morgan fingerprint density at radius 3 is 2.17 bits per heavy atom. The van der Waals surface area contributed by atoms with E-state index in [0.717, 1.165) is 12.8 Å². The molecular formula is C32H45F3N2O4S. The zero-order valence-electron chi connectivity index (χ0n) is 25.9. The molecule has 0 bridgehead atoms. The lowest BCUT2D eigenvalue weighted by Crippen LogP contribution is -2.72. The Morgan fingerprint density at radius 2 is 1.57 bits per heavy atom. The highest BCUT2D eigenvalue weighted by Gasteiger charge is 2.72. The minimum absolute atomic E-state index is 0.0282. The Hall–Kier alpha value is -1.73. The van der Waals surface area contributed by atoms with Crippen LogP contribution in [0.3, 0.4) is 0 Å². The molecule has 0 aromatic carbocycles. The van der Waals surface area contributed by atoms with Gasteiger partial charge in [0.25, 0.3) is 0 Å². The van der Waals surface area contributed by atoms with Crippen LogP contribution in [0.2, 0.25) is 0 Å². The number of ketones is 2. The molecule has 0 aromatic heterocycles. The maximum Gasteiger partial charge on any atom is 0.404 e. The Morgan fingerprint density at radius 1 is 0.952 bits per heavy atom. The van der Waals surface area contributed by atoms with Crippen LogP contribution in [0.4, 0.5) is 13.2 Å². The minimum atomic E-state index is -4.86. The average molecular weight is 611 g/mol. The largest absolute Gasteiger partial charge is 0.404 e. The van der Waals surface area contributed by atoms with Crippen LogP contribution in [-0.4, -0.2) is 37.5 Å². The SMILES string of the molecule is [C-]#[N+]C1=C[C@]2(C)[C@H]3CC(=O)[C@@H]4[C@@H]5CC(C)(C)CC[C@]5(NS(=O)(=O)CC(F)(F)F)CC[C@@]4(C)[C@]3(C)CC[C@H]2C(C)(C)C1=O. The van der Waals surface area contributed by atoms with Crippen molar-refractivity contribution in [1.29, 1.82) is 0 Å². The van der Waals surface area contributed by atoms with Gasteiger partial charge < -0.3 is 4.79 Å². The molecule has 0 amide bonds. The molecule has 0 saturated heterocycles. The fourth-order valence-corrected chi connectivity index (χ4v) is 12.5. The number of halogens is 3. The summed E-state index contributed by atoms with van der Waals surface area (Å²) in [6.45, 7) is 22.2. The first-order valence-electron chi connectivity index (χ1n) is 15.2. The van der Waals surface area contributed by atoms with Crippen LogP contribution in [-0.2, 0) is 19.6 Å². The lowest BCUT2D eigenvalue weighted by atomic mass is 9.32. The van der Waals surface area contributed by atoms with Gasteiger partial charge in [0, 0.05) is 23.3 Å². The number of carbonyl (C=O) groups excluding carboxylic acids is 2. The predicted octanol–water partition coefficient (Wildman–Crippen LogP) is 6.87. The number of rotatable bonds is 3. The van der Waals surface area contributed by atoms with E-state index < -0.39 is 55.6 Å². The monoisotopic (exact) mass is 610 g/mol. The molecule has 0 aromatic rings. The molecule has 1 N–H and O–H groups in total. The molecule has 0 radical (unpaired) electrons. The smallest absolute Gasteiger partial charge is 0.307 e. The first-order valence-corrected chi connectivity index (χ1v) is 16.9. The highest BCUT2D eigenvalue weighted by molar-refractivity contribution is 7.89. The standard InChI is InChI=1S/C32H45F3N2O4S/c1-26(2)11-13-31(37-42(40,41)18-32(33,34)35)14-12-30(7)24(19(31)16-26)21(38)15-23-28(5)17-20(36-8)25(39)27(3,4)22(28)9-10-29(23,30)6/h17,19,22-24,37H,9-16,18H2,1-7H3/t19-,22-,23+,24-,28-,29+,30+,31-/m0/s1. The Bertz CT molecular complexity index is 1390. The average Bonchev–Trinajstić information content (AvgIpc) is 2.82. The van der Waals surface area contributed by atoms with Crippen LogP contribution >= 0.6 is 0 Å². The highest BCUT2D eigenvalue weighted by Crippen LogP contribution is 2.74. The van der Waals surface area contributed by atoms with Gasteiger partial charge in [0.15, 0.2) is 11.5 Å². The number of fused-ring (bicyclic) bond motifs is 7. The van der Waals surface area contributed by atoms with Crippen LogP contribution in [0.5, 0.6) is 0 Å². The van der Waals surface area contributed by atoms with Crippen molar-refractivity contribution in [2.24, 2.45) is 50.7 Å². The van der Waals surface area contributed by atoms with Gasteiger partial charge in [0.05, 0.1) is 6.57 Å². The zero-order valence-corrected chi connectivity index (χ0v) is 26.7. The van der Waals surface area contributed by atoms with E-state index in [4.69, 9.17) is 6.57 Å². The van der Waals surface area contributed by atoms with Crippen molar-refractivity contribution in [2.75, 3.05) is 5.75 Å². The van der Waals surface area contributed by atoms with Crippen molar-refractivity contribution in [2.45, 2.75) is 112 Å². The van der Waals surface area contributed by atoms with Gasteiger partial charge in [-0.2, -0.15) is 13.2 Å². The van der Waals surface area contributed by atoms with Gasteiger partial charge in [0.2, 0.25) is 15.7 Å². The molecule has 0 spiro atoms. The van der Waals surface area contributed by atoms with Crippen molar-refractivity contribution >= 4 is 21.6 Å². The number of nitrogens with one attached hydrogen (secondary N) is 1. The molecular weight excluding hydrogens is 565 g/mol. The molecule has 42 heavy (non-hydrogen) atoms. The maximum atomic E-state index is 14.5. The van der Waals surface area contributed by atoms with Gasteiger partial charge in [-0.25, -0.2) is 18.0 Å². The summed E-state index contributed by atoms with van der Waals surface area (Å²) in [6, 6.07) is 0. The van der Waals surface area contributed by atoms with Crippen LogP contribution in [0.25, 0.3) is 4.85 Å². The van der Waals surface area contributed by atoms with E-state index in [1.807, 2.05) is 19.9 Å². The topological polar surface area (TPSA) is 84.7 Å². The molecule has 5 rings (SSSR count). The Kier molecular flexibility index (Phi) is 6.91. The van der Waals surface area contributed by atoms with Crippen molar-refractivity contribution in [3.8, 4) is 0 Å². The van der Waals surface area contributed by atoms with E-state index >= 15 is 0 Å². The molecule has 0 aliphatic heterocycles. The first-order chi connectivity index (χ1) is 19.0. The summed E-state index contributed by atoms with van der Waals surface area (Å²) in [6.07, 6.45) is 1.29. The van der Waals surface area contributed by atoms with Gasteiger partial charge in [-0.3, -0.25) is 4.79 Å². The fourth-order valence-electron chi connectivity index (χ4n) is 11.0. The third-order valence-corrected chi connectivity index (χ3v) is 14.6. The lowest BCUT2D eigenvalue weighted by Gasteiger charge is -2.72. The van der Waals surface area contributed by atoms with Gasteiger partial charge in [0.1, 0.15) is 5.78 Å². The summed E-state index contributed by atoms with van der Waals surface area (Å²) >= 11 is 0. The van der Waals surface area contributed by atoms with E-state index in [1.165, 1.54) is 0 Å². The summed E-state index contributed by atoms with van der Waals surface area (Å²) in [5.41, 5.74) is -3.31. The van der Waals surface area contributed by atoms with Gasteiger partial charge in [-0.15, -0.1) is 0 Å². The molecule has 234 valence electrons. The summed E-state index contributed by atoms with van der Waals surface area (Å²) < 4.78 is 68.2. The molecule has 5 aliphatic rings. The normalized spacial score (nSPS) is 44.5. The first kappa shape index (κ1) is 31.7. The van der Waals surface area contributed by atoms with Gasteiger partial charge in [-0.1, -0.05) is 54.5 Å². The number of sulfonamides is 1. The van der Waals surface area contributed by atoms with Gasteiger partial charge in [-0.05, 0) is 84.4 Å². The van der Waals surface area contributed by atoms with Crippen molar-refractivity contribution in [3.05, 3.63) is 23.2 Å². The fraction of sp³-hybridized carbons (Fsp3) is 0.844. The van der Waals surface area contributed by atoms with Crippen molar-refractivity contribution in [1.82, 2.24) is 4.72 Å². The highest BCUT2D eigenvalue weighted by atomic mass is 32.2. The zero-order chi connectivity index (χ0) is 31.5. The van der Waals surface area contributed by atoms with E-state index in [2.05, 4.69) is 44.2 Å². The van der Waals surface area contributed by atoms with E-state index in [-0.39, 0.29) is 46.4 Å². The van der Waals surface area contributed by atoms with E-state index in [1.54, 1.807) is 0 Å².